The maximum Gasteiger partial charge on any atom is 0.261 e. The lowest BCUT2D eigenvalue weighted by Crippen LogP contribution is -2.47. The second-order valence-electron chi connectivity index (χ2n) is 6.88. The van der Waals surface area contributed by atoms with Crippen LogP contribution in [0.5, 0.6) is 0 Å². The van der Waals surface area contributed by atoms with Gasteiger partial charge in [-0.25, -0.2) is 0 Å². The van der Waals surface area contributed by atoms with Crippen LogP contribution in [-0.4, -0.2) is 35.8 Å². The third kappa shape index (κ3) is 4.15. The summed E-state index contributed by atoms with van der Waals surface area (Å²) in [4.78, 5) is 28.0. The summed E-state index contributed by atoms with van der Waals surface area (Å²) < 4.78 is 0. The van der Waals surface area contributed by atoms with E-state index in [0.717, 1.165) is 35.3 Å². The van der Waals surface area contributed by atoms with E-state index in [4.69, 9.17) is 0 Å². The highest BCUT2D eigenvalue weighted by Crippen LogP contribution is 2.24. The van der Waals surface area contributed by atoms with Crippen molar-refractivity contribution in [3.05, 3.63) is 57.8 Å². The van der Waals surface area contributed by atoms with Gasteiger partial charge in [-0.1, -0.05) is 37.3 Å². The van der Waals surface area contributed by atoms with Gasteiger partial charge in [0.15, 0.2) is 0 Å². The molecule has 4 nitrogen and oxygen atoms in total. The van der Waals surface area contributed by atoms with Crippen LogP contribution in [0.2, 0.25) is 0 Å². The smallest absolute Gasteiger partial charge is 0.261 e. The van der Waals surface area contributed by atoms with Gasteiger partial charge in [-0.3, -0.25) is 9.59 Å². The first-order valence-corrected chi connectivity index (χ1v) is 10.2. The highest BCUT2D eigenvalue weighted by molar-refractivity contribution is 7.12. The molecule has 138 valence electrons. The van der Waals surface area contributed by atoms with Crippen LogP contribution in [-0.2, 0) is 4.79 Å². The molecule has 0 aliphatic carbocycles. The maximum atomic E-state index is 12.9. The van der Waals surface area contributed by atoms with Gasteiger partial charge in [0.1, 0.15) is 0 Å². The summed E-state index contributed by atoms with van der Waals surface area (Å²) in [6.45, 7) is 5.43. The SMILES string of the molecule is CCC(C(=O)N1CCC(NC(=O)c2sccc2C)CC1)c1ccccc1. The van der Waals surface area contributed by atoms with Crippen LogP contribution in [0.3, 0.4) is 0 Å². The Bertz CT molecular complexity index is 748. The van der Waals surface area contributed by atoms with E-state index in [-0.39, 0.29) is 23.8 Å². The van der Waals surface area contributed by atoms with E-state index in [0.29, 0.717) is 13.1 Å². The van der Waals surface area contributed by atoms with Crippen LogP contribution >= 0.6 is 11.3 Å². The van der Waals surface area contributed by atoms with Crippen LogP contribution in [0.1, 0.15) is 52.9 Å². The third-order valence-electron chi connectivity index (χ3n) is 5.12. The van der Waals surface area contributed by atoms with Gasteiger partial charge in [0.2, 0.25) is 5.91 Å². The molecule has 1 saturated heterocycles. The predicted octanol–water partition coefficient (Wildman–Crippen LogP) is 3.97. The average molecular weight is 371 g/mol. The van der Waals surface area contributed by atoms with Crippen LogP contribution in [0, 0.1) is 6.92 Å². The number of likely N-dealkylation sites (tertiary alicyclic amines) is 1. The van der Waals surface area contributed by atoms with Gasteiger partial charge in [-0.15, -0.1) is 11.3 Å². The van der Waals surface area contributed by atoms with E-state index in [2.05, 4.69) is 12.2 Å². The Morgan fingerprint density at radius 3 is 2.46 bits per heavy atom. The minimum absolute atomic E-state index is 0.0120. The Morgan fingerprint density at radius 2 is 1.88 bits per heavy atom. The van der Waals surface area contributed by atoms with Gasteiger partial charge in [0.25, 0.3) is 5.91 Å². The van der Waals surface area contributed by atoms with Crippen molar-refractivity contribution in [2.45, 2.75) is 45.1 Å². The number of benzene rings is 1. The summed E-state index contributed by atoms with van der Waals surface area (Å²) in [5.74, 6) is 0.145. The summed E-state index contributed by atoms with van der Waals surface area (Å²) in [5, 5.41) is 5.07. The number of carbonyl (C=O) groups is 2. The van der Waals surface area contributed by atoms with Crippen molar-refractivity contribution in [2.24, 2.45) is 0 Å². The summed E-state index contributed by atoms with van der Waals surface area (Å²) in [6.07, 6.45) is 2.43. The van der Waals surface area contributed by atoms with Crippen molar-refractivity contribution in [1.82, 2.24) is 10.2 Å². The van der Waals surface area contributed by atoms with Crippen molar-refractivity contribution in [1.29, 1.82) is 0 Å². The zero-order valence-corrected chi connectivity index (χ0v) is 16.2. The standard InChI is InChI=1S/C21H26N2O2S/c1-3-18(16-7-5-4-6-8-16)21(25)23-12-9-17(10-13-23)22-20(24)19-15(2)11-14-26-19/h4-8,11,14,17-18H,3,9-10,12-13H2,1-2H3,(H,22,24). The molecule has 1 aromatic carbocycles. The molecule has 1 unspecified atom stereocenters. The lowest BCUT2D eigenvalue weighted by Gasteiger charge is -2.34. The average Bonchev–Trinajstić information content (AvgIpc) is 3.10. The van der Waals surface area contributed by atoms with Gasteiger partial charge in [0, 0.05) is 19.1 Å². The highest BCUT2D eigenvalue weighted by atomic mass is 32.1. The topological polar surface area (TPSA) is 49.4 Å². The Balaban J connectivity index is 1.55. The molecule has 0 bridgehead atoms. The predicted molar refractivity (Wildman–Crippen MR) is 106 cm³/mol. The van der Waals surface area contributed by atoms with E-state index >= 15 is 0 Å². The second kappa shape index (κ2) is 8.49. The number of nitrogens with zero attached hydrogens (tertiary/aromatic N) is 1. The van der Waals surface area contributed by atoms with E-state index in [9.17, 15) is 9.59 Å². The fourth-order valence-electron chi connectivity index (χ4n) is 3.56. The van der Waals surface area contributed by atoms with Crippen LogP contribution in [0.4, 0.5) is 0 Å². The molecular formula is C21H26N2O2S. The fourth-order valence-corrected chi connectivity index (χ4v) is 4.39. The number of rotatable bonds is 5. The minimum Gasteiger partial charge on any atom is -0.348 e. The van der Waals surface area contributed by atoms with E-state index in [1.165, 1.54) is 11.3 Å². The zero-order chi connectivity index (χ0) is 18.5. The van der Waals surface area contributed by atoms with Crippen LogP contribution in [0.25, 0.3) is 0 Å². The molecule has 0 radical (unpaired) electrons. The number of carbonyl (C=O) groups excluding carboxylic acids is 2. The Labute approximate surface area is 159 Å². The second-order valence-corrected chi connectivity index (χ2v) is 7.79. The first-order valence-electron chi connectivity index (χ1n) is 9.28. The normalized spacial score (nSPS) is 16.3. The molecule has 1 atom stereocenters. The molecule has 1 N–H and O–H groups in total. The number of hydrogen-bond donors (Lipinski definition) is 1. The summed E-state index contributed by atoms with van der Waals surface area (Å²) in [5.41, 5.74) is 2.11. The Morgan fingerprint density at radius 1 is 1.19 bits per heavy atom. The van der Waals surface area contributed by atoms with E-state index in [1.807, 2.05) is 53.6 Å². The number of thiophene rings is 1. The first kappa shape index (κ1) is 18.6. The lowest BCUT2D eigenvalue weighted by molar-refractivity contribution is -0.134. The molecule has 2 heterocycles. The molecular weight excluding hydrogens is 344 g/mol. The quantitative estimate of drug-likeness (QED) is 0.866. The lowest BCUT2D eigenvalue weighted by atomic mass is 9.93. The van der Waals surface area contributed by atoms with E-state index < -0.39 is 0 Å². The first-order chi connectivity index (χ1) is 12.6. The molecule has 5 heteroatoms. The number of piperidine rings is 1. The molecule has 1 aromatic heterocycles. The molecule has 0 spiro atoms. The van der Waals surface area contributed by atoms with Crippen molar-refractivity contribution in [2.75, 3.05) is 13.1 Å². The monoisotopic (exact) mass is 370 g/mol. The molecule has 1 fully saturated rings. The summed E-state index contributed by atoms with van der Waals surface area (Å²) >= 11 is 1.48. The maximum absolute atomic E-state index is 12.9. The van der Waals surface area contributed by atoms with Gasteiger partial charge in [-0.05, 0) is 48.8 Å². The fraction of sp³-hybridized carbons (Fsp3) is 0.429. The molecule has 2 amide bonds. The summed E-state index contributed by atoms with van der Waals surface area (Å²) in [7, 11) is 0. The molecule has 1 aliphatic heterocycles. The molecule has 2 aromatic rings. The molecule has 1 aliphatic rings. The largest absolute Gasteiger partial charge is 0.348 e. The molecule has 0 saturated carbocycles. The highest BCUT2D eigenvalue weighted by Gasteiger charge is 2.29. The van der Waals surface area contributed by atoms with Gasteiger partial charge < -0.3 is 10.2 Å². The van der Waals surface area contributed by atoms with Crippen molar-refractivity contribution < 1.29 is 9.59 Å². The van der Waals surface area contributed by atoms with Crippen molar-refractivity contribution >= 4 is 23.2 Å². The van der Waals surface area contributed by atoms with Crippen LogP contribution in [0.15, 0.2) is 41.8 Å². The van der Waals surface area contributed by atoms with Crippen molar-refractivity contribution in [3.63, 3.8) is 0 Å². The number of nitrogens with one attached hydrogen (secondary N) is 1. The number of aryl methyl sites for hydroxylation is 1. The summed E-state index contributed by atoms with van der Waals surface area (Å²) in [6, 6.07) is 12.1. The molecule has 26 heavy (non-hydrogen) atoms. The third-order valence-corrected chi connectivity index (χ3v) is 6.13. The number of hydrogen-bond acceptors (Lipinski definition) is 3. The van der Waals surface area contributed by atoms with Gasteiger partial charge in [0.05, 0.1) is 10.8 Å². The Kier molecular flexibility index (Phi) is 6.09. The van der Waals surface area contributed by atoms with Crippen molar-refractivity contribution in [3.8, 4) is 0 Å². The van der Waals surface area contributed by atoms with Gasteiger partial charge in [-0.2, -0.15) is 0 Å². The number of amides is 2. The minimum atomic E-state index is -0.0730. The van der Waals surface area contributed by atoms with Gasteiger partial charge >= 0.3 is 0 Å². The van der Waals surface area contributed by atoms with Crippen LogP contribution < -0.4 is 5.32 Å². The molecule has 3 rings (SSSR count). The van der Waals surface area contributed by atoms with E-state index in [1.54, 1.807) is 0 Å². The Hall–Kier alpha value is -2.14. The zero-order valence-electron chi connectivity index (χ0n) is 15.4.